The minimum atomic E-state index is -1.54. The monoisotopic (exact) mass is 276 g/mol. The van der Waals surface area contributed by atoms with Gasteiger partial charge in [-0.15, -0.1) is 0 Å². The molecule has 6 nitrogen and oxygen atoms in total. The van der Waals surface area contributed by atoms with Crippen LogP contribution >= 0.6 is 0 Å². The van der Waals surface area contributed by atoms with Crippen molar-refractivity contribution in [1.82, 2.24) is 4.90 Å². The average molecular weight is 276 g/mol. The van der Waals surface area contributed by atoms with Crippen molar-refractivity contribution >= 4 is 17.7 Å². The first-order valence-electron chi connectivity index (χ1n) is 6.24. The summed E-state index contributed by atoms with van der Waals surface area (Å²) < 4.78 is 0. The quantitative estimate of drug-likeness (QED) is 0.727. The largest absolute Gasteiger partial charge is 0.381 e. The van der Waals surface area contributed by atoms with Gasteiger partial charge in [0.05, 0.1) is 12.0 Å². The van der Waals surface area contributed by atoms with E-state index in [9.17, 15) is 19.5 Å². The Morgan fingerprint density at radius 1 is 1.40 bits per heavy atom. The van der Waals surface area contributed by atoms with E-state index in [1.807, 2.05) is 6.07 Å². The van der Waals surface area contributed by atoms with Crippen molar-refractivity contribution in [2.45, 2.75) is 24.9 Å². The number of aliphatic hydroxyl groups is 1. The number of carbonyl (C=O) groups excluding carboxylic acids is 3. The highest BCUT2D eigenvalue weighted by Crippen LogP contribution is 2.36. The third-order valence-corrected chi connectivity index (χ3v) is 3.62. The minimum absolute atomic E-state index is 0.0152. The number of benzene rings is 1. The van der Waals surface area contributed by atoms with Gasteiger partial charge in [0.15, 0.2) is 6.10 Å². The van der Waals surface area contributed by atoms with E-state index in [2.05, 4.69) is 0 Å². The van der Waals surface area contributed by atoms with Crippen molar-refractivity contribution in [1.29, 1.82) is 0 Å². The van der Waals surface area contributed by atoms with Crippen LogP contribution in [0.15, 0.2) is 30.3 Å². The molecule has 1 aromatic carbocycles. The second kappa shape index (κ2) is 5.05. The molecule has 3 N–H and O–H groups in total. The molecule has 0 aliphatic carbocycles. The Morgan fingerprint density at radius 2 is 2.00 bits per heavy atom. The van der Waals surface area contributed by atoms with Gasteiger partial charge in [-0.25, -0.2) is 0 Å². The summed E-state index contributed by atoms with van der Waals surface area (Å²) in [6.07, 6.45) is -1.53. The SMILES string of the molecule is CC1(c2ccccc2)CC(=O)N(CC(O)C(N)=O)C1=O. The molecule has 0 saturated carbocycles. The lowest BCUT2D eigenvalue weighted by Crippen LogP contribution is -2.44. The van der Waals surface area contributed by atoms with Gasteiger partial charge < -0.3 is 10.8 Å². The Labute approximate surface area is 116 Å². The summed E-state index contributed by atoms with van der Waals surface area (Å²) in [5.74, 6) is -1.80. The van der Waals surface area contributed by atoms with Crippen LogP contribution in [0.3, 0.4) is 0 Å². The maximum absolute atomic E-state index is 12.4. The Hall–Kier alpha value is -2.21. The summed E-state index contributed by atoms with van der Waals surface area (Å²) >= 11 is 0. The molecule has 106 valence electrons. The number of amides is 3. The first-order valence-corrected chi connectivity index (χ1v) is 6.24. The molecule has 3 amide bonds. The maximum Gasteiger partial charge on any atom is 0.248 e. The number of nitrogens with two attached hydrogens (primary N) is 1. The second-order valence-electron chi connectivity index (χ2n) is 5.10. The zero-order valence-electron chi connectivity index (χ0n) is 11.1. The number of primary amides is 1. The van der Waals surface area contributed by atoms with Crippen molar-refractivity contribution in [2.75, 3.05) is 6.54 Å². The van der Waals surface area contributed by atoms with Gasteiger partial charge in [0, 0.05) is 6.42 Å². The fourth-order valence-corrected chi connectivity index (χ4v) is 2.36. The fraction of sp³-hybridized carbons (Fsp3) is 0.357. The van der Waals surface area contributed by atoms with Crippen LogP contribution in [0.25, 0.3) is 0 Å². The van der Waals surface area contributed by atoms with Gasteiger partial charge in [-0.1, -0.05) is 30.3 Å². The molecule has 0 spiro atoms. The molecule has 20 heavy (non-hydrogen) atoms. The van der Waals surface area contributed by atoms with Crippen LogP contribution in [0.4, 0.5) is 0 Å². The Bertz CT molecular complexity index is 558. The van der Waals surface area contributed by atoms with Gasteiger partial charge in [-0.3, -0.25) is 19.3 Å². The standard InChI is InChI=1S/C14H16N2O4/c1-14(9-5-3-2-4-6-9)7-11(18)16(13(14)20)8-10(17)12(15)19/h2-6,10,17H,7-8H2,1H3,(H2,15,19). The van der Waals surface area contributed by atoms with Crippen molar-refractivity contribution in [3.8, 4) is 0 Å². The summed E-state index contributed by atoms with van der Waals surface area (Å²) in [4.78, 5) is 36.2. The third kappa shape index (κ3) is 2.30. The molecule has 1 heterocycles. The van der Waals surface area contributed by atoms with E-state index in [1.54, 1.807) is 31.2 Å². The summed E-state index contributed by atoms with van der Waals surface area (Å²) in [5.41, 5.74) is 4.71. The molecule has 2 atom stereocenters. The van der Waals surface area contributed by atoms with Crippen LogP contribution in [0, 0.1) is 0 Å². The Morgan fingerprint density at radius 3 is 2.55 bits per heavy atom. The topological polar surface area (TPSA) is 101 Å². The van der Waals surface area contributed by atoms with E-state index in [4.69, 9.17) is 5.73 Å². The van der Waals surface area contributed by atoms with E-state index in [-0.39, 0.29) is 6.42 Å². The van der Waals surface area contributed by atoms with Crippen LogP contribution in [-0.2, 0) is 19.8 Å². The number of imide groups is 1. The Kier molecular flexibility index (Phi) is 3.59. The molecule has 1 fully saturated rings. The lowest BCUT2D eigenvalue weighted by atomic mass is 9.81. The normalized spacial score (nSPS) is 24.0. The average Bonchev–Trinajstić information content (AvgIpc) is 2.64. The lowest BCUT2D eigenvalue weighted by molar-refractivity contribution is -0.142. The van der Waals surface area contributed by atoms with Gasteiger partial charge in [0.2, 0.25) is 17.7 Å². The number of aliphatic hydroxyl groups excluding tert-OH is 1. The third-order valence-electron chi connectivity index (χ3n) is 3.62. The van der Waals surface area contributed by atoms with E-state index in [0.717, 1.165) is 10.5 Å². The zero-order chi connectivity index (χ0) is 14.9. The van der Waals surface area contributed by atoms with Crippen molar-refractivity contribution in [2.24, 2.45) is 5.73 Å². The van der Waals surface area contributed by atoms with Crippen molar-refractivity contribution in [3.05, 3.63) is 35.9 Å². The van der Waals surface area contributed by atoms with Gasteiger partial charge in [-0.2, -0.15) is 0 Å². The molecular weight excluding hydrogens is 260 g/mol. The van der Waals surface area contributed by atoms with E-state index in [1.165, 1.54) is 0 Å². The fourth-order valence-electron chi connectivity index (χ4n) is 2.36. The van der Waals surface area contributed by atoms with Crippen LogP contribution in [-0.4, -0.2) is 40.4 Å². The molecule has 0 radical (unpaired) electrons. The van der Waals surface area contributed by atoms with Crippen molar-refractivity contribution < 1.29 is 19.5 Å². The minimum Gasteiger partial charge on any atom is -0.381 e. The van der Waals surface area contributed by atoms with Gasteiger partial charge >= 0.3 is 0 Å². The van der Waals surface area contributed by atoms with Crippen LogP contribution in [0.2, 0.25) is 0 Å². The smallest absolute Gasteiger partial charge is 0.248 e. The van der Waals surface area contributed by atoms with E-state index in [0.29, 0.717) is 0 Å². The van der Waals surface area contributed by atoms with Crippen molar-refractivity contribution in [3.63, 3.8) is 0 Å². The molecule has 1 aliphatic heterocycles. The number of nitrogens with zero attached hydrogens (tertiary/aromatic N) is 1. The van der Waals surface area contributed by atoms with E-state index < -0.39 is 35.8 Å². The lowest BCUT2D eigenvalue weighted by Gasteiger charge is -2.23. The molecule has 1 aliphatic rings. The van der Waals surface area contributed by atoms with E-state index >= 15 is 0 Å². The number of hydrogen-bond donors (Lipinski definition) is 2. The molecule has 1 aromatic rings. The predicted octanol–water partition coefficient (Wildman–Crippen LogP) is -0.451. The molecule has 6 heteroatoms. The molecule has 2 rings (SSSR count). The number of hydrogen-bond acceptors (Lipinski definition) is 4. The molecule has 0 aromatic heterocycles. The highest BCUT2D eigenvalue weighted by Gasteiger charge is 2.49. The van der Waals surface area contributed by atoms with Crippen LogP contribution < -0.4 is 5.73 Å². The highest BCUT2D eigenvalue weighted by atomic mass is 16.3. The first kappa shape index (κ1) is 14.2. The first-order chi connectivity index (χ1) is 9.36. The number of rotatable bonds is 4. The molecular formula is C14H16N2O4. The second-order valence-corrected chi connectivity index (χ2v) is 5.10. The summed E-state index contributed by atoms with van der Waals surface area (Å²) in [7, 11) is 0. The molecule has 1 saturated heterocycles. The summed E-state index contributed by atoms with van der Waals surface area (Å²) in [6, 6.07) is 8.96. The maximum atomic E-state index is 12.4. The number of β-amino-alcohol motifs (C(OH)–C–C–N with tert-alkyl or cyclic N) is 1. The predicted molar refractivity (Wildman–Crippen MR) is 70.3 cm³/mol. The summed E-state index contributed by atoms with van der Waals surface area (Å²) in [6.45, 7) is 1.29. The van der Waals surface area contributed by atoms with Crippen LogP contribution in [0.1, 0.15) is 18.9 Å². The number of carbonyl (C=O) groups is 3. The van der Waals surface area contributed by atoms with Crippen LogP contribution in [0.5, 0.6) is 0 Å². The highest BCUT2D eigenvalue weighted by molar-refractivity contribution is 6.09. The number of likely N-dealkylation sites (tertiary alicyclic amines) is 1. The van der Waals surface area contributed by atoms with Gasteiger partial charge in [-0.05, 0) is 12.5 Å². The molecule has 2 unspecified atom stereocenters. The van der Waals surface area contributed by atoms with Gasteiger partial charge in [0.1, 0.15) is 0 Å². The van der Waals surface area contributed by atoms with Gasteiger partial charge in [0.25, 0.3) is 0 Å². The zero-order valence-corrected chi connectivity index (χ0v) is 11.1. The molecule has 0 bridgehead atoms. The summed E-state index contributed by atoms with van der Waals surface area (Å²) in [5, 5.41) is 9.44. The Balaban J connectivity index is 2.27.